The number of methoxy groups -OCH3 is 1. The molecule has 1 aromatic heterocycles. The molecule has 0 aliphatic carbocycles. The van der Waals surface area contributed by atoms with E-state index in [0.29, 0.717) is 38.2 Å². The van der Waals surface area contributed by atoms with Crippen molar-refractivity contribution in [1.82, 2.24) is 9.55 Å². The molecule has 1 atom stereocenters. The van der Waals surface area contributed by atoms with E-state index in [2.05, 4.69) is 10.3 Å². The van der Waals surface area contributed by atoms with Crippen LogP contribution in [0.3, 0.4) is 0 Å². The molecule has 0 spiro atoms. The Morgan fingerprint density at radius 1 is 1.09 bits per heavy atom. The molecule has 1 amide bonds. The van der Waals surface area contributed by atoms with Gasteiger partial charge in [-0.25, -0.2) is 4.98 Å². The standard InChI is InChI=1S/C24H20ClN3O3S/c1-15(22(29)26-16-12-13-21(31-2)19(25)14-16)32-24-27-20-11-7-6-10-18(20)23(30)28(24)17-8-4-3-5-9-17/h3-15H,1-2H3,(H,26,29). The third-order valence-corrected chi connectivity index (χ3v) is 6.18. The maximum Gasteiger partial charge on any atom is 0.266 e. The predicted molar refractivity (Wildman–Crippen MR) is 129 cm³/mol. The van der Waals surface area contributed by atoms with Gasteiger partial charge in [-0.2, -0.15) is 0 Å². The number of carbonyl (C=O) groups is 1. The number of nitrogens with zero attached hydrogens (tertiary/aromatic N) is 2. The summed E-state index contributed by atoms with van der Waals surface area (Å²) in [5.41, 5.74) is 1.65. The van der Waals surface area contributed by atoms with Crippen LogP contribution in [-0.2, 0) is 4.79 Å². The number of benzene rings is 3. The van der Waals surface area contributed by atoms with Crippen LogP contribution < -0.4 is 15.6 Å². The molecule has 0 radical (unpaired) electrons. The number of anilines is 1. The highest BCUT2D eigenvalue weighted by Crippen LogP contribution is 2.29. The molecule has 0 aliphatic heterocycles. The highest BCUT2D eigenvalue weighted by molar-refractivity contribution is 8.00. The third-order valence-electron chi connectivity index (χ3n) is 4.83. The second-order valence-corrected chi connectivity index (χ2v) is 8.70. The van der Waals surface area contributed by atoms with Crippen LogP contribution in [0.2, 0.25) is 5.02 Å². The first-order valence-electron chi connectivity index (χ1n) is 9.86. The molecule has 0 fully saturated rings. The first kappa shape index (κ1) is 21.9. The van der Waals surface area contributed by atoms with Crippen LogP contribution in [0.15, 0.2) is 82.7 Å². The lowest BCUT2D eigenvalue weighted by Gasteiger charge is -2.16. The zero-order valence-electron chi connectivity index (χ0n) is 17.4. The van der Waals surface area contributed by atoms with Gasteiger partial charge in [0.25, 0.3) is 5.56 Å². The maximum atomic E-state index is 13.3. The number of carbonyl (C=O) groups excluding carboxylic acids is 1. The number of fused-ring (bicyclic) bond motifs is 1. The van der Waals surface area contributed by atoms with Crippen molar-refractivity contribution in [3.05, 3.63) is 88.2 Å². The summed E-state index contributed by atoms with van der Waals surface area (Å²) in [5, 5.41) is 3.68. The number of halogens is 1. The zero-order chi connectivity index (χ0) is 22.7. The van der Waals surface area contributed by atoms with Crippen LogP contribution in [0.25, 0.3) is 16.6 Å². The summed E-state index contributed by atoms with van der Waals surface area (Å²) in [4.78, 5) is 30.8. The van der Waals surface area contributed by atoms with Crippen molar-refractivity contribution in [1.29, 1.82) is 0 Å². The molecule has 162 valence electrons. The van der Waals surface area contributed by atoms with Crippen molar-refractivity contribution in [3.8, 4) is 11.4 Å². The number of nitrogens with one attached hydrogen (secondary N) is 1. The molecule has 0 aliphatic rings. The van der Waals surface area contributed by atoms with E-state index in [1.807, 2.05) is 42.5 Å². The SMILES string of the molecule is COc1ccc(NC(=O)C(C)Sc2nc3ccccc3c(=O)n2-c2ccccc2)cc1Cl. The fourth-order valence-electron chi connectivity index (χ4n) is 3.20. The van der Waals surface area contributed by atoms with Crippen LogP contribution in [0, 0.1) is 0 Å². The van der Waals surface area contributed by atoms with Crippen LogP contribution >= 0.6 is 23.4 Å². The molecule has 3 aromatic carbocycles. The first-order valence-corrected chi connectivity index (χ1v) is 11.1. The summed E-state index contributed by atoms with van der Waals surface area (Å²) in [6.07, 6.45) is 0. The van der Waals surface area contributed by atoms with Crippen molar-refractivity contribution in [2.24, 2.45) is 0 Å². The Kier molecular flexibility index (Phi) is 6.48. The topological polar surface area (TPSA) is 73.2 Å². The van der Waals surface area contributed by atoms with Crippen LogP contribution in [0.5, 0.6) is 5.75 Å². The molecular weight excluding hydrogens is 446 g/mol. The van der Waals surface area contributed by atoms with Gasteiger partial charge in [0.05, 0.1) is 34.0 Å². The van der Waals surface area contributed by atoms with Crippen LogP contribution in [0.1, 0.15) is 6.92 Å². The van der Waals surface area contributed by atoms with E-state index < -0.39 is 5.25 Å². The van der Waals surface area contributed by atoms with Gasteiger partial charge in [0, 0.05) is 5.69 Å². The van der Waals surface area contributed by atoms with Gasteiger partial charge < -0.3 is 10.1 Å². The number of hydrogen-bond acceptors (Lipinski definition) is 5. The minimum absolute atomic E-state index is 0.182. The number of aromatic nitrogens is 2. The van der Waals surface area contributed by atoms with Crippen molar-refractivity contribution in [3.63, 3.8) is 0 Å². The van der Waals surface area contributed by atoms with Gasteiger partial charge in [-0.15, -0.1) is 0 Å². The van der Waals surface area contributed by atoms with Gasteiger partial charge in [-0.3, -0.25) is 14.2 Å². The Morgan fingerprint density at radius 2 is 1.81 bits per heavy atom. The summed E-state index contributed by atoms with van der Waals surface area (Å²) in [5.74, 6) is 0.289. The lowest BCUT2D eigenvalue weighted by atomic mass is 10.2. The van der Waals surface area contributed by atoms with Gasteiger partial charge in [-0.05, 0) is 49.4 Å². The maximum absolute atomic E-state index is 13.3. The Labute approximate surface area is 194 Å². The average Bonchev–Trinajstić information content (AvgIpc) is 2.80. The Hall–Kier alpha value is -3.29. The largest absolute Gasteiger partial charge is 0.495 e. The molecule has 6 nitrogen and oxygen atoms in total. The number of rotatable bonds is 6. The van der Waals surface area contributed by atoms with Crippen molar-refractivity contribution in [2.45, 2.75) is 17.3 Å². The second kappa shape index (κ2) is 9.46. The van der Waals surface area contributed by atoms with E-state index in [1.165, 1.54) is 18.9 Å². The van der Waals surface area contributed by atoms with Gasteiger partial charge in [0.1, 0.15) is 5.75 Å². The van der Waals surface area contributed by atoms with Crippen LogP contribution in [-0.4, -0.2) is 27.8 Å². The summed E-state index contributed by atoms with van der Waals surface area (Å²) >= 11 is 7.37. The zero-order valence-corrected chi connectivity index (χ0v) is 19.0. The number of hydrogen-bond donors (Lipinski definition) is 1. The second-order valence-electron chi connectivity index (χ2n) is 6.99. The molecule has 1 heterocycles. The fourth-order valence-corrected chi connectivity index (χ4v) is 4.38. The quantitative estimate of drug-likeness (QED) is 0.314. The Bertz CT molecular complexity index is 1340. The molecule has 1 N–H and O–H groups in total. The summed E-state index contributed by atoms with van der Waals surface area (Å²) in [7, 11) is 1.53. The molecule has 8 heteroatoms. The summed E-state index contributed by atoms with van der Waals surface area (Å²) in [6.45, 7) is 1.77. The van der Waals surface area contributed by atoms with Crippen LogP contribution in [0.4, 0.5) is 5.69 Å². The van der Waals surface area contributed by atoms with E-state index in [0.717, 1.165) is 0 Å². The Morgan fingerprint density at radius 3 is 2.53 bits per heavy atom. The average molecular weight is 466 g/mol. The summed E-state index contributed by atoms with van der Waals surface area (Å²) in [6, 6.07) is 21.5. The summed E-state index contributed by atoms with van der Waals surface area (Å²) < 4.78 is 6.69. The molecule has 32 heavy (non-hydrogen) atoms. The monoisotopic (exact) mass is 465 g/mol. The normalized spacial score (nSPS) is 11.8. The number of amides is 1. The number of thioether (sulfide) groups is 1. The van der Waals surface area contributed by atoms with E-state index in [1.54, 1.807) is 41.8 Å². The lowest BCUT2D eigenvalue weighted by molar-refractivity contribution is -0.115. The number of para-hydroxylation sites is 2. The van der Waals surface area contributed by atoms with Crippen molar-refractivity contribution >= 4 is 45.9 Å². The predicted octanol–water partition coefficient (Wildman–Crippen LogP) is 5.17. The molecule has 4 aromatic rings. The lowest BCUT2D eigenvalue weighted by Crippen LogP contribution is -2.26. The van der Waals surface area contributed by atoms with E-state index in [4.69, 9.17) is 16.3 Å². The van der Waals surface area contributed by atoms with E-state index in [-0.39, 0.29) is 11.5 Å². The van der Waals surface area contributed by atoms with Gasteiger partial charge >= 0.3 is 0 Å². The molecule has 1 unspecified atom stereocenters. The van der Waals surface area contributed by atoms with Gasteiger partial charge in [0.15, 0.2) is 5.16 Å². The minimum Gasteiger partial charge on any atom is -0.495 e. The first-order chi connectivity index (χ1) is 15.5. The highest BCUT2D eigenvalue weighted by atomic mass is 35.5. The van der Waals surface area contributed by atoms with E-state index >= 15 is 0 Å². The number of ether oxygens (including phenoxy) is 1. The molecular formula is C24H20ClN3O3S. The molecule has 0 saturated heterocycles. The Balaban J connectivity index is 1.66. The molecule has 0 bridgehead atoms. The van der Waals surface area contributed by atoms with Crippen molar-refractivity contribution in [2.75, 3.05) is 12.4 Å². The minimum atomic E-state index is -0.529. The van der Waals surface area contributed by atoms with E-state index in [9.17, 15) is 9.59 Å². The molecule has 0 saturated carbocycles. The highest BCUT2D eigenvalue weighted by Gasteiger charge is 2.20. The fraction of sp³-hybridized carbons (Fsp3) is 0.125. The smallest absolute Gasteiger partial charge is 0.266 e. The van der Waals surface area contributed by atoms with Gasteiger partial charge in [0.2, 0.25) is 5.91 Å². The van der Waals surface area contributed by atoms with Gasteiger partial charge in [-0.1, -0.05) is 53.7 Å². The third kappa shape index (κ3) is 4.49. The molecule has 4 rings (SSSR count). The van der Waals surface area contributed by atoms with Crippen molar-refractivity contribution < 1.29 is 9.53 Å².